The molecule has 1 saturated heterocycles. The largest absolute Gasteiger partial charge is 0.294 e. The number of rotatable bonds is 1. The Hall–Kier alpha value is 0.0700. The van der Waals surface area contributed by atoms with Gasteiger partial charge in [0, 0.05) is 13.1 Å². The molecule has 0 amide bonds. The Morgan fingerprint density at radius 3 is 2.17 bits per heavy atom. The second kappa shape index (κ2) is 1.29. The maximum atomic E-state index is 9.80. The second-order valence-electron chi connectivity index (χ2n) is 1.16. The first-order chi connectivity index (χ1) is 2.80. The standard InChI is InChI=1S/C2H5NO2S/c4-6(5)3-1-2-3/h1-2H2,(H,4,5). The molecule has 6 heavy (non-hydrogen) atoms. The van der Waals surface area contributed by atoms with Crippen molar-refractivity contribution in [1.29, 1.82) is 0 Å². The summed E-state index contributed by atoms with van der Waals surface area (Å²) in [4.78, 5) is 0. The molecule has 0 aromatic carbocycles. The van der Waals surface area contributed by atoms with E-state index >= 15 is 0 Å². The molecule has 36 valence electrons. The first-order valence-corrected chi connectivity index (χ1v) is 2.73. The average Bonchev–Trinajstić information content (AvgIpc) is 2.06. The minimum absolute atomic E-state index is 0.781. The Labute approximate surface area is 38.4 Å². The summed E-state index contributed by atoms with van der Waals surface area (Å²) in [5.74, 6) is 0. The van der Waals surface area contributed by atoms with E-state index in [0.717, 1.165) is 13.1 Å². The van der Waals surface area contributed by atoms with E-state index in [1.165, 1.54) is 4.31 Å². The highest BCUT2D eigenvalue weighted by molar-refractivity contribution is 7.77. The van der Waals surface area contributed by atoms with Gasteiger partial charge in [0.1, 0.15) is 0 Å². The molecule has 3 nitrogen and oxygen atoms in total. The third kappa shape index (κ3) is 0.767. The maximum absolute atomic E-state index is 9.80. The summed E-state index contributed by atoms with van der Waals surface area (Å²) >= 11 is -1.67. The van der Waals surface area contributed by atoms with Gasteiger partial charge in [-0.05, 0) is 0 Å². The van der Waals surface area contributed by atoms with Crippen molar-refractivity contribution in [1.82, 2.24) is 4.31 Å². The minimum atomic E-state index is -1.67. The van der Waals surface area contributed by atoms with E-state index in [1.54, 1.807) is 0 Å². The summed E-state index contributed by atoms with van der Waals surface area (Å²) < 4.78 is 19.3. The van der Waals surface area contributed by atoms with Crippen LogP contribution in [0.1, 0.15) is 0 Å². The Bertz CT molecular complexity index is 79.6. The van der Waals surface area contributed by atoms with Crippen LogP contribution < -0.4 is 0 Å². The van der Waals surface area contributed by atoms with Crippen molar-refractivity contribution in [3.63, 3.8) is 0 Å². The molecule has 1 unspecified atom stereocenters. The van der Waals surface area contributed by atoms with Crippen LogP contribution in [-0.4, -0.2) is 26.2 Å². The normalized spacial score (nSPS) is 26.8. The predicted molar refractivity (Wildman–Crippen MR) is 22.3 cm³/mol. The van der Waals surface area contributed by atoms with E-state index < -0.39 is 11.3 Å². The van der Waals surface area contributed by atoms with Crippen LogP contribution in [0, 0.1) is 0 Å². The molecule has 0 spiro atoms. The van der Waals surface area contributed by atoms with Gasteiger partial charge in [-0.15, -0.1) is 0 Å². The lowest BCUT2D eigenvalue weighted by molar-refractivity contribution is 0.529. The molecule has 1 heterocycles. The Morgan fingerprint density at radius 2 is 2.17 bits per heavy atom. The molecule has 0 saturated carbocycles. The number of hydrogen-bond acceptors (Lipinski definition) is 1. The topological polar surface area (TPSA) is 40.3 Å². The van der Waals surface area contributed by atoms with Crippen LogP contribution in [0.5, 0.6) is 0 Å². The van der Waals surface area contributed by atoms with E-state index in [0.29, 0.717) is 0 Å². The second-order valence-corrected chi connectivity index (χ2v) is 2.14. The lowest BCUT2D eigenvalue weighted by Gasteiger charge is -1.82. The lowest BCUT2D eigenvalue weighted by Crippen LogP contribution is -1.97. The zero-order valence-corrected chi connectivity index (χ0v) is 3.94. The molecule has 1 atom stereocenters. The van der Waals surface area contributed by atoms with Crippen molar-refractivity contribution in [2.45, 2.75) is 0 Å². The van der Waals surface area contributed by atoms with Crippen molar-refractivity contribution in [3.05, 3.63) is 0 Å². The van der Waals surface area contributed by atoms with E-state index in [9.17, 15) is 4.21 Å². The fraction of sp³-hybridized carbons (Fsp3) is 1.00. The van der Waals surface area contributed by atoms with Crippen LogP contribution in [0.2, 0.25) is 0 Å². The maximum Gasteiger partial charge on any atom is 0.234 e. The molecule has 4 heteroatoms. The Kier molecular flexibility index (Phi) is 0.910. The predicted octanol–water partition coefficient (Wildman–Crippen LogP) is -0.561. The van der Waals surface area contributed by atoms with Gasteiger partial charge in [0.05, 0.1) is 0 Å². The molecule has 0 aromatic rings. The summed E-state index contributed by atoms with van der Waals surface area (Å²) in [6.45, 7) is 1.56. The van der Waals surface area contributed by atoms with Crippen molar-refractivity contribution >= 4 is 11.3 Å². The zero-order chi connectivity index (χ0) is 4.57. The summed E-state index contributed by atoms with van der Waals surface area (Å²) in [5.41, 5.74) is 0. The highest BCUT2D eigenvalue weighted by Crippen LogP contribution is 2.03. The molecule has 1 fully saturated rings. The zero-order valence-electron chi connectivity index (χ0n) is 3.13. The van der Waals surface area contributed by atoms with Crippen molar-refractivity contribution < 1.29 is 8.76 Å². The van der Waals surface area contributed by atoms with Crippen molar-refractivity contribution in [2.24, 2.45) is 0 Å². The van der Waals surface area contributed by atoms with E-state index in [4.69, 9.17) is 4.55 Å². The Balaban J connectivity index is 2.31. The van der Waals surface area contributed by atoms with Gasteiger partial charge in [0.25, 0.3) is 0 Å². The molecular formula is C2H5NO2S. The van der Waals surface area contributed by atoms with Gasteiger partial charge in [-0.1, -0.05) is 0 Å². The van der Waals surface area contributed by atoms with Gasteiger partial charge in [-0.2, -0.15) is 4.31 Å². The fourth-order valence-corrected chi connectivity index (χ4v) is 0.591. The highest BCUT2D eigenvalue weighted by Gasteiger charge is 2.22. The summed E-state index contributed by atoms with van der Waals surface area (Å²) in [7, 11) is 0. The molecule has 1 aliphatic rings. The van der Waals surface area contributed by atoms with Gasteiger partial charge in [0.15, 0.2) is 0 Å². The molecule has 1 aliphatic heterocycles. The third-order valence-electron chi connectivity index (χ3n) is 0.627. The van der Waals surface area contributed by atoms with E-state index in [2.05, 4.69) is 0 Å². The Morgan fingerprint density at radius 1 is 1.67 bits per heavy atom. The minimum Gasteiger partial charge on any atom is -0.294 e. The first-order valence-electron chi connectivity index (χ1n) is 1.66. The van der Waals surface area contributed by atoms with Crippen LogP contribution >= 0.6 is 0 Å². The van der Waals surface area contributed by atoms with Gasteiger partial charge < -0.3 is 0 Å². The van der Waals surface area contributed by atoms with Gasteiger partial charge >= 0.3 is 0 Å². The van der Waals surface area contributed by atoms with Gasteiger partial charge in [-0.25, -0.2) is 4.21 Å². The summed E-state index contributed by atoms with van der Waals surface area (Å²) in [6, 6.07) is 0. The first kappa shape index (κ1) is 4.23. The van der Waals surface area contributed by atoms with Crippen LogP contribution in [0.4, 0.5) is 0 Å². The quantitative estimate of drug-likeness (QED) is 0.360. The molecule has 0 bridgehead atoms. The average molecular weight is 107 g/mol. The molecule has 1 rings (SSSR count). The fourth-order valence-electron chi connectivity index (χ4n) is 0.197. The van der Waals surface area contributed by atoms with E-state index in [1.807, 2.05) is 0 Å². The van der Waals surface area contributed by atoms with Gasteiger partial charge in [-0.3, -0.25) is 4.55 Å². The monoisotopic (exact) mass is 107 g/mol. The molecular weight excluding hydrogens is 102 g/mol. The number of hydrogen-bond donors (Lipinski definition) is 1. The molecule has 1 N–H and O–H groups in total. The van der Waals surface area contributed by atoms with Crippen LogP contribution in [-0.2, 0) is 11.3 Å². The van der Waals surface area contributed by atoms with Crippen LogP contribution in [0.25, 0.3) is 0 Å². The number of nitrogens with zero attached hydrogens (tertiary/aromatic N) is 1. The van der Waals surface area contributed by atoms with Crippen LogP contribution in [0.15, 0.2) is 0 Å². The van der Waals surface area contributed by atoms with Crippen molar-refractivity contribution in [3.8, 4) is 0 Å². The highest BCUT2D eigenvalue weighted by atomic mass is 32.2. The summed E-state index contributed by atoms with van der Waals surface area (Å²) in [5, 5.41) is 0. The van der Waals surface area contributed by atoms with E-state index in [-0.39, 0.29) is 0 Å². The molecule has 0 aliphatic carbocycles. The third-order valence-corrected chi connectivity index (χ3v) is 1.43. The molecule has 0 radical (unpaired) electrons. The van der Waals surface area contributed by atoms with Gasteiger partial charge in [0.2, 0.25) is 11.3 Å². The van der Waals surface area contributed by atoms with Crippen molar-refractivity contribution in [2.75, 3.05) is 13.1 Å². The summed E-state index contributed by atoms with van der Waals surface area (Å²) in [6.07, 6.45) is 0. The lowest BCUT2D eigenvalue weighted by atomic mass is 11.0. The molecule has 0 aromatic heterocycles. The van der Waals surface area contributed by atoms with Crippen LogP contribution in [0.3, 0.4) is 0 Å². The SMILES string of the molecule is O=S(O)N1CC1. The smallest absolute Gasteiger partial charge is 0.234 e.